The molecule has 1 aromatic heterocycles. The van der Waals surface area contributed by atoms with Crippen LogP contribution < -0.4 is 4.74 Å². The molecule has 1 N–H and O–H groups in total. The minimum absolute atomic E-state index is 0.153. The van der Waals surface area contributed by atoms with Crippen molar-refractivity contribution in [1.82, 2.24) is 9.97 Å². The summed E-state index contributed by atoms with van der Waals surface area (Å²) in [7, 11) is 0. The summed E-state index contributed by atoms with van der Waals surface area (Å²) >= 11 is 5.54. The molecule has 1 unspecified atom stereocenters. The Kier molecular flexibility index (Phi) is 4.90. The van der Waals surface area contributed by atoms with Crippen LogP contribution in [0.3, 0.4) is 0 Å². The van der Waals surface area contributed by atoms with Crippen molar-refractivity contribution >= 4 is 17.6 Å². The molecule has 0 aliphatic carbocycles. The summed E-state index contributed by atoms with van der Waals surface area (Å²) in [6.07, 6.45) is 3.35. The highest BCUT2D eigenvalue weighted by molar-refractivity contribution is 6.28. The number of hydrogen-bond donors (Lipinski definition) is 1. The molecule has 0 saturated heterocycles. The van der Waals surface area contributed by atoms with E-state index in [1.807, 2.05) is 20.8 Å². The third kappa shape index (κ3) is 4.49. The second-order valence-corrected chi connectivity index (χ2v) is 5.42. The van der Waals surface area contributed by atoms with Gasteiger partial charge in [-0.1, -0.05) is 20.8 Å². The number of carboxylic acids is 1. The zero-order chi connectivity index (χ0) is 13.8. The monoisotopic (exact) mass is 272 g/mol. The van der Waals surface area contributed by atoms with E-state index >= 15 is 0 Å². The summed E-state index contributed by atoms with van der Waals surface area (Å²) in [5.74, 6) is -0.776. The van der Waals surface area contributed by atoms with Crippen molar-refractivity contribution in [2.24, 2.45) is 11.3 Å². The molecule has 0 amide bonds. The number of ether oxygens (including phenoxy) is 1. The fraction of sp³-hybridized carbons (Fsp3) is 0.583. The third-order valence-corrected chi connectivity index (χ3v) is 2.81. The average molecular weight is 273 g/mol. The predicted molar refractivity (Wildman–Crippen MR) is 67.7 cm³/mol. The Labute approximate surface area is 111 Å². The Morgan fingerprint density at radius 1 is 1.44 bits per heavy atom. The molecule has 5 nitrogen and oxygen atoms in total. The lowest BCUT2D eigenvalue weighted by Gasteiger charge is -2.26. The number of halogens is 1. The zero-order valence-corrected chi connectivity index (χ0v) is 11.4. The Morgan fingerprint density at radius 3 is 2.44 bits per heavy atom. The van der Waals surface area contributed by atoms with Gasteiger partial charge in [0.25, 0.3) is 0 Å². The first-order chi connectivity index (χ1) is 8.30. The van der Waals surface area contributed by atoms with Crippen molar-refractivity contribution in [3.05, 3.63) is 17.7 Å². The largest absolute Gasteiger partial charge is 0.490 e. The molecular weight excluding hydrogens is 256 g/mol. The molecule has 0 spiro atoms. The Morgan fingerprint density at radius 2 is 2.00 bits per heavy atom. The highest BCUT2D eigenvalue weighted by Gasteiger charge is 2.30. The van der Waals surface area contributed by atoms with E-state index in [4.69, 9.17) is 21.4 Å². The summed E-state index contributed by atoms with van der Waals surface area (Å²) in [5, 5.41) is 9.30. The molecule has 0 aliphatic heterocycles. The molecule has 100 valence electrons. The van der Waals surface area contributed by atoms with E-state index in [1.165, 1.54) is 12.4 Å². The van der Waals surface area contributed by atoms with Crippen LogP contribution in [0, 0.1) is 11.3 Å². The van der Waals surface area contributed by atoms with E-state index < -0.39 is 11.9 Å². The van der Waals surface area contributed by atoms with Gasteiger partial charge in [0, 0.05) is 0 Å². The lowest BCUT2D eigenvalue weighted by molar-refractivity contribution is -0.146. The average Bonchev–Trinajstić information content (AvgIpc) is 2.24. The number of carbonyl (C=O) groups is 1. The molecule has 0 radical (unpaired) electrons. The van der Waals surface area contributed by atoms with Crippen molar-refractivity contribution in [3.63, 3.8) is 0 Å². The van der Waals surface area contributed by atoms with Gasteiger partial charge >= 0.3 is 5.97 Å². The van der Waals surface area contributed by atoms with Gasteiger partial charge in [-0.25, -0.2) is 9.97 Å². The predicted octanol–water partition coefficient (Wildman–Crippen LogP) is 2.65. The van der Waals surface area contributed by atoms with Gasteiger partial charge in [0.1, 0.15) is 0 Å². The number of hydrogen-bond acceptors (Lipinski definition) is 4. The molecule has 18 heavy (non-hydrogen) atoms. The van der Waals surface area contributed by atoms with Crippen LogP contribution in [0.15, 0.2) is 12.4 Å². The molecule has 1 atom stereocenters. The second kappa shape index (κ2) is 6.00. The van der Waals surface area contributed by atoms with Crippen molar-refractivity contribution in [2.45, 2.75) is 27.2 Å². The molecule has 0 bridgehead atoms. The lowest BCUT2D eigenvalue weighted by atomic mass is 9.79. The van der Waals surface area contributed by atoms with Gasteiger partial charge in [0.05, 0.1) is 24.9 Å². The summed E-state index contributed by atoms with van der Waals surface area (Å²) < 4.78 is 5.39. The minimum atomic E-state index is -0.807. The van der Waals surface area contributed by atoms with Crippen LogP contribution in [0.1, 0.15) is 27.2 Å². The molecule has 0 fully saturated rings. The Balaban J connectivity index is 2.49. The summed E-state index contributed by atoms with van der Waals surface area (Å²) in [6.45, 7) is 6.00. The molecule has 1 rings (SSSR count). The van der Waals surface area contributed by atoms with Crippen molar-refractivity contribution < 1.29 is 14.6 Å². The first-order valence-electron chi connectivity index (χ1n) is 5.64. The van der Waals surface area contributed by atoms with Gasteiger partial charge in [0.2, 0.25) is 5.28 Å². The summed E-state index contributed by atoms with van der Waals surface area (Å²) in [4.78, 5) is 18.7. The van der Waals surface area contributed by atoms with Crippen molar-refractivity contribution in [3.8, 4) is 5.75 Å². The maximum Gasteiger partial charge on any atom is 0.307 e. The van der Waals surface area contributed by atoms with Crippen molar-refractivity contribution in [2.75, 3.05) is 6.61 Å². The molecule has 6 heteroatoms. The number of aliphatic carboxylic acids is 1. The highest BCUT2D eigenvalue weighted by Crippen LogP contribution is 2.29. The van der Waals surface area contributed by atoms with Crippen LogP contribution in [-0.4, -0.2) is 27.7 Å². The van der Waals surface area contributed by atoms with Crippen LogP contribution in [0.25, 0.3) is 0 Å². The molecular formula is C12H17ClN2O3. The van der Waals surface area contributed by atoms with Gasteiger partial charge in [-0.2, -0.15) is 0 Å². The molecule has 0 saturated carbocycles. The number of rotatable bonds is 5. The van der Waals surface area contributed by atoms with Crippen LogP contribution in [0.5, 0.6) is 5.75 Å². The standard InChI is InChI=1S/C12H17ClN2O3/c1-12(2,3)9(10(16)17)4-5-18-8-6-14-11(13)15-7-8/h6-7,9H,4-5H2,1-3H3,(H,16,17). The van der Waals surface area contributed by atoms with Gasteiger partial charge in [-0.3, -0.25) is 4.79 Å². The van der Waals surface area contributed by atoms with E-state index in [-0.39, 0.29) is 10.7 Å². The molecule has 0 aromatic carbocycles. The van der Waals surface area contributed by atoms with E-state index in [9.17, 15) is 4.79 Å². The fourth-order valence-electron chi connectivity index (χ4n) is 1.60. The maximum atomic E-state index is 11.1. The van der Waals surface area contributed by atoms with E-state index in [2.05, 4.69) is 9.97 Å². The van der Waals surface area contributed by atoms with Crippen LogP contribution in [-0.2, 0) is 4.79 Å². The smallest absolute Gasteiger partial charge is 0.307 e. The third-order valence-electron chi connectivity index (χ3n) is 2.62. The van der Waals surface area contributed by atoms with Crippen LogP contribution in [0.4, 0.5) is 0 Å². The first-order valence-corrected chi connectivity index (χ1v) is 6.01. The highest BCUT2D eigenvalue weighted by atomic mass is 35.5. The number of carboxylic acid groups (broad SMARTS) is 1. The quantitative estimate of drug-likeness (QED) is 0.834. The van der Waals surface area contributed by atoms with Crippen molar-refractivity contribution in [1.29, 1.82) is 0 Å². The van der Waals surface area contributed by atoms with Crippen LogP contribution in [0.2, 0.25) is 5.28 Å². The van der Waals surface area contributed by atoms with Gasteiger partial charge in [0.15, 0.2) is 5.75 Å². The zero-order valence-electron chi connectivity index (χ0n) is 10.7. The molecule has 0 aliphatic rings. The number of nitrogens with zero attached hydrogens (tertiary/aromatic N) is 2. The Bertz CT molecular complexity index is 401. The van der Waals surface area contributed by atoms with E-state index in [1.54, 1.807) is 0 Å². The lowest BCUT2D eigenvalue weighted by Crippen LogP contribution is -2.29. The first kappa shape index (κ1) is 14.7. The fourth-order valence-corrected chi connectivity index (χ4v) is 1.69. The SMILES string of the molecule is CC(C)(C)C(CCOc1cnc(Cl)nc1)C(=O)O. The second-order valence-electron chi connectivity index (χ2n) is 5.08. The summed E-state index contributed by atoms with van der Waals surface area (Å²) in [6, 6.07) is 0. The number of aromatic nitrogens is 2. The molecule has 1 aromatic rings. The van der Waals surface area contributed by atoms with E-state index in [0.717, 1.165) is 0 Å². The van der Waals surface area contributed by atoms with Crippen LogP contribution >= 0.6 is 11.6 Å². The summed E-state index contributed by atoms with van der Waals surface area (Å²) in [5.41, 5.74) is -0.300. The minimum Gasteiger partial charge on any atom is -0.490 e. The maximum absolute atomic E-state index is 11.1. The van der Waals surface area contributed by atoms with E-state index in [0.29, 0.717) is 18.8 Å². The topological polar surface area (TPSA) is 72.3 Å². The van der Waals surface area contributed by atoms with Gasteiger partial charge in [-0.05, 0) is 23.4 Å². The van der Waals surface area contributed by atoms with Gasteiger partial charge in [-0.15, -0.1) is 0 Å². The van der Waals surface area contributed by atoms with Gasteiger partial charge < -0.3 is 9.84 Å². The molecule has 1 heterocycles. The normalized spacial score (nSPS) is 13.1. The Hall–Kier alpha value is -1.36.